The summed E-state index contributed by atoms with van der Waals surface area (Å²) < 4.78 is 5.01. The molecule has 4 rings (SSSR count). The number of carbonyl (C=O) groups is 2. The lowest BCUT2D eigenvalue weighted by Gasteiger charge is -2.36. The summed E-state index contributed by atoms with van der Waals surface area (Å²) >= 11 is 0. The monoisotopic (exact) mass is 419 g/mol. The van der Waals surface area contributed by atoms with Crippen LogP contribution in [0.15, 0.2) is 60.8 Å². The van der Waals surface area contributed by atoms with Crippen LogP contribution in [-0.4, -0.2) is 54.9 Å². The summed E-state index contributed by atoms with van der Waals surface area (Å²) in [6.45, 7) is 2.45. The van der Waals surface area contributed by atoms with Crippen molar-refractivity contribution in [1.82, 2.24) is 15.2 Å². The normalized spacial score (nSPS) is 16.3. The van der Waals surface area contributed by atoms with Crippen molar-refractivity contribution >= 4 is 22.6 Å². The topological polar surface area (TPSA) is 74.4 Å². The van der Waals surface area contributed by atoms with Crippen LogP contribution in [0.5, 0.6) is 0 Å². The van der Waals surface area contributed by atoms with Gasteiger partial charge >= 0.3 is 0 Å². The Morgan fingerprint density at radius 1 is 1.10 bits per heavy atom. The number of likely N-dealkylation sites (tertiary alicyclic amines) is 1. The molecule has 0 saturated carbocycles. The van der Waals surface area contributed by atoms with Gasteiger partial charge in [0.2, 0.25) is 5.91 Å². The maximum Gasteiger partial charge on any atom is 0.223 e. The second-order valence-electron chi connectivity index (χ2n) is 8.02. The van der Waals surface area contributed by atoms with E-state index < -0.39 is 0 Å². The number of benzene rings is 2. The molecule has 1 saturated heterocycles. The highest BCUT2D eigenvalue weighted by atomic mass is 16.5. The summed E-state index contributed by atoms with van der Waals surface area (Å²) in [6, 6.07) is 17.5. The summed E-state index contributed by atoms with van der Waals surface area (Å²) in [7, 11) is 1.62. The first-order valence-electron chi connectivity index (χ1n) is 10.8. The number of nitrogens with one attached hydrogen (secondary N) is 2. The molecule has 1 aliphatic rings. The van der Waals surface area contributed by atoms with Gasteiger partial charge in [-0.1, -0.05) is 48.5 Å². The zero-order chi connectivity index (χ0) is 21.6. The summed E-state index contributed by atoms with van der Waals surface area (Å²) in [5, 5.41) is 3.89. The number of methoxy groups -OCH3 is 1. The smallest absolute Gasteiger partial charge is 0.223 e. The molecule has 31 heavy (non-hydrogen) atoms. The largest absolute Gasteiger partial charge is 0.383 e. The van der Waals surface area contributed by atoms with Crippen LogP contribution in [0, 0.1) is 5.92 Å². The van der Waals surface area contributed by atoms with Crippen LogP contribution >= 0.6 is 0 Å². The third kappa shape index (κ3) is 4.70. The molecule has 1 aliphatic heterocycles. The lowest BCUT2D eigenvalue weighted by Crippen LogP contribution is -2.44. The van der Waals surface area contributed by atoms with E-state index in [9.17, 15) is 9.59 Å². The van der Waals surface area contributed by atoms with E-state index >= 15 is 0 Å². The minimum atomic E-state index is -0.363. The molecule has 0 aliphatic carbocycles. The SMILES string of the molecule is COCCNC(=O)C1CCN(C(C(=O)c2c[nH]c3ccccc23)c2ccccc2)CC1. The van der Waals surface area contributed by atoms with Crippen molar-refractivity contribution in [2.45, 2.75) is 18.9 Å². The number of H-pyrrole nitrogens is 1. The third-order valence-corrected chi connectivity index (χ3v) is 6.09. The Bertz CT molecular complexity index is 1020. The van der Waals surface area contributed by atoms with E-state index in [4.69, 9.17) is 4.74 Å². The second-order valence-corrected chi connectivity index (χ2v) is 8.02. The Balaban J connectivity index is 1.53. The highest BCUT2D eigenvalue weighted by Crippen LogP contribution is 2.32. The van der Waals surface area contributed by atoms with Gasteiger partial charge in [-0.25, -0.2) is 0 Å². The first kappa shape index (κ1) is 21.3. The van der Waals surface area contributed by atoms with Gasteiger partial charge in [0.15, 0.2) is 5.78 Å². The third-order valence-electron chi connectivity index (χ3n) is 6.09. The number of aromatic nitrogens is 1. The zero-order valence-corrected chi connectivity index (χ0v) is 17.8. The first-order chi connectivity index (χ1) is 15.2. The number of para-hydroxylation sites is 1. The van der Waals surface area contributed by atoms with E-state index in [1.807, 2.05) is 60.8 Å². The molecule has 1 atom stereocenters. The van der Waals surface area contributed by atoms with Gasteiger partial charge in [-0.3, -0.25) is 14.5 Å². The molecule has 2 N–H and O–H groups in total. The molecular weight excluding hydrogens is 390 g/mol. The lowest BCUT2D eigenvalue weighted by molar-refractivity contribution is -0.126. The van der Waals surface area contributed by atoms with Crippen LogP contribution in [0.4, 0.5) is 0 Å². The molecule has 6 nitrogen and oxygen atoms in total. The standard InChI is InChI=1S/C25H29N3O3/c1-31-16-13-26-25(30)19-11-14-28(15-12-19)23(18-7-3-2-4-8-18)24(29)21-17-27-22-10-6-5-9-20(21)22/h2-10,17,19,23,27H,11-16H2,1H3,(H,26,30). The Hall–Kier alpha value is -2.96. The van der Waals surface area contributed by atoms with Crippen molar-refractivity contribution in [2.75, 3.05) is 33.4 Å². The summed E-state index contributed by atoms with van der Waals surface area (Å²) in [6.07, 6.45) is 3.30. The molecule has 2 aromatic carbocycles. The van der Waals surface area contributed by atoms with Gasteiger partial charge in [0.25, 0.3) is 0 Å². The highest BCUT2D eigenvalue weighted by Gasteiger charge is 2.34. The van der Waals surface area contributed by atoms with E-state index in [1.165, 1.54) is 0 Å². The van der Waals surface area contributed by atoms with E-state index in [0.29, 0.717) is 31.8 Å². The van der Waals surface area contributed by atoms with E-state index in [2.05, 4.69) is 15.2 Å². The van der Waals surface area contributed by atoms with Gasteiger partial charge in [-0.05, 0) is 37.6 Å². The number of hydrogen-bond donors (Lipinski definition) is 2. The maximum absolute atomic E-state index is 13.8. The number of nitrogens with zero attached hydrogens (tertiary/aromatic N) is 1. The molecule has 0 bridgehead atoms. The molecule has 1 fully saturated rings. The van der Waals surface area contributed by atoms with Crippen molar-refractivity contribution in [3.8, 4) is 0 Å². The van der Waals surface area contributed by atoms with Crippen LogP contribution in [0.25, 0.3) is 10.9 Å². The molecule has 1 unspecified atom stereocenters. The number of Topliss-reactive ketones (excluding diaryl/α,β-unsaturated/α-hetero) is 1. The van der Waals surface area contributed by atoms with Crippen molar-refractivity contribution in [3.05, 3.63) is 71.9 Å². The van der Waals surface area contributed by atoms with E-state index in [1.54, 1.807) is 7.11 Å². The average Bonchev–Trinajstić information content (AvgIpc) is 3.25. The van der Waals surface area contributed by atoms with Crippen molar-refractivity contribution in [2.24, 2.45) is 5.92 Å². The molecule has 0 spiro atoms. The van der Waals surface area contributed by atoms with Gasteiger partial charge in [0, 0.05) is 42.2 Å². The van der Waals surface area contributed by atoms with Gasteiger partial charge in [-0.15, -0.1) is 0 Å². The number of fused-ring (bicyclic) bond motifs is 1. The predicted molar refractivity (Wildman–Crippen MR) is 121 cm³/mol. The Kier molecular flexibility index (Phi) is 6.79. The van der Waals surface area contributed by atoms with Crippen LogP contribution in [0.1, 0.15) is 34.8 Å². The molecular formula is C25H29N3O3. The lowest BCUT2D eigenvalue weighted by atomic mass is 9.90. The Morgan fingerprint density at radius 2 is 1.81 bits per heavy atom. The van der Waals surface area contributed by atoms with Crippen LogP contribution in [0.3, 0.4) is 0 Å². The maximum atomic E-state index is 13.8. The molecule has 162 valence electrons. The van der Waals surface area contributed by atoms with Gasteiger partial charge in [0.05, 0.1) is 12.6 Å². The van der Waals surface area contributed by atoms with Gasteiger partial charge in [0.1, 0.15) is 0 Å². The molecule has 6 heteroatoms. The number of amides is 1. The number of piperidine rings is 1. The molecule has 2 heterocycles. The van der Waals surface area contributed by atoms with Crippen molar-refractivity contribution in [3.63, 3.8) is 0 Å². The number of ketones is 1. The fourth-order valence-electron chi connectivity index (χ4n) is 4.43. The summed E-state index contributed by atoms with van der Waals surface area (Å²) in [5.74, 6) is 0.148. The summed E-state index contributed by atoms with van der Waals surface area (Å²) in [4.78, 5) is 31.6. The number of carbonyl (C=O) groups excluding carboxylic acids is 2. The molecule has 0 radical (unpaired) electrons. The number of ether oxygens (including phenoxy) is 1. The van der Waals surface area contributed by atoms with Crippen LogP contribution in [0.2, 0.25) is 0 Å². The Labute approximate surface area is 182 Å². The van der Waals surface area contributed by atoms with Crippen LogP contribution in [-0.2, 0) is 9.53 Å². The number of rotatable bonds is 8. The minimum Gasteiger partial charge on any atom is -0.383 e. The fraction of sp³-hybridized carbons (Fsp3) is 0.360. The average molecular weight is 420 g/mol. The second kappa shape index (κ2) is 9.90. The highest BCUT2D eigenvalue weighted by molar-refractivity contribution is 6.10. The number of hydrogen-bond acceptors (Lipinski definition) is 4. The molecule has 1 amide bonds. The van der Waals surface area contributed by atoms with Crippen molar-refractivity contribution < 1.29 is 14.3 Å². The minimum absolute atomic E-state index is 0.0206. The quantitative estimate of drug-likeness (QED) is 0.432. The summed E-state index contributed by atoms with van der Waals surface area (Å²) in [5.41, 5.74) is 2.66. The van der Waals surface area contributed by atoms with E-state index in [0.717, 1.165) is 29.3 Å². The predicted octanol–water partition coefficient (Wildman–Crippen LogP) is 3.57. The van der Waals surface area contributed by atoms with Gasteiger partial charge in [-0.2, -0.15) is 0 Å². The number of aromatic amines is 1. The fourth-order valence-corrected chi connectivity index (χ4v) is 4.43. The first-order valence-corrected chi connectivity index (χ1v) is 10.8. The zero-order valence-electron chi connectivity index (χ0n) is 17.8. The van der Waals surface area contributed by atoms with Gasteiger partial charge < -0.3 is 15.0 Å². The van der Waals surface area contributed by atoms with Crippen LogP contribution < -0.4 is 5.32 Å². The van der Waals surface area contributed by atoms with Crippen molar-refractivity contribution in [1.29, 1.82) is 0 Å². The molecule has 1 aromatic heterocycles. The van der Waals surface area contributed by atoms with E-state index in [-0.39, 0.29) is 23.7 Å². The molecule has 3 aromatic rings. The Morgan fingerprint density at radius 3 is 2.55 bits per heavy atom.